The largest absolute Gasteiger partial charge is 0.497 e. The standard InChI is InChI=1S/C21H26N6O4/c1-29-15-13-27-20(22-23-24-27)19(16-5-7-17(30-2)8-6-16)25-9-11-26(12-10-25)21(28)18-4-3-14-31-18/h3-8,14,19H,9-13,15H2,1-2H3/t19-/m0/s1. The van der Waals surface area contributed by atoms with Crippen molar-refractivity contribution in [1.29, 1.82) is 0 Å². The van der Waals surface area contributed by atoms with Crippen molar-refractivity contribution in [2.75, 3.05) is 47.0 Å². The Kier molecular flexibility index (Phi) is 6.58. The molecule has 164 valence electrons. The number of methoxy groups -OCH3 is 2. The zero-order valence-electron chi connectivity index (χ0n) is 17.7. The molecule has 10 heteroatoms. The van der Waals surface area contributed by atoms with E-state index in [4.69, 9.17) is 13.9 Å². The zero-order chi connectivity index (χ0) is 21.6. The predicted molar refractivity (Wildman–Crippen MR) is 111 cm³/mol. The van der Waals surface area contributed by atoms with Crippen LogP contribution in [0.1, 0.15) is 28.0 Å². The first-order valence-corrected chi connectivity index (χ1v) is 10.2. The molecule has 3 heterocycles. The van der Waals surface area contributed by atoms with Crippen molar-refractivity contribution in [3.63, 3.8) is 0 Å². The van der Waals surface area contributed by atoms with Crippen LogP contribution < -0.4 is 4.74 Å². The molecule has 1 aliphatic heterocycles. The molecular formula is C21H26N6O4. The van der Waals surface area contributed by atoms with Crippen LogP contribution in [0.25, 0.3) is 0 Å². The lowest BCUT2D eigenvalue weighted by Crippen LogP contribution is -2.50. The SMILES string of the molecule is COCCn1nnnc1[C@H](c1ccc(OC)cc1)N1CCN(C(=O)c2ccco2)CC1. The van der Waals surface area contributed by atoms with Crippen molar-refractivity contribution in [2.45, 2.75) is 12.6 Å². The summed E-state index contributed by atoms with van der Waals surface area (Å²) in [5.74, 6) is 1.81. The van der Waals surface area contributed by atoms with Gasteiger partial charge < -0.3 is 18.8 Å². The Balaban J connectivity index is 1.56. The number of furan rings is 1. The Labute approximate surface area is 180 Å². The summed E-state index contributed by atoms with van der Waals surface area (Å²) in [5, 5.41) is 12.4. The van der Waals surface area contributed by atoms with Crippen LogP contribution in [-0.4, -0.2) is 82.9 Å². The lowest BCUT2D eigenvalue weighted by Gasteiger charge is -2.38. The highest BCUT2D eigenvalue weighted by Crippen LogP contribution is 2.29. The second-order valence-electron chi connectivity index (χ2n) is 7.23. The normalized spacial score (nSPS) is 15.7. The number of tetrazole rings is 1. The van der Waals surface area contributed by atoms with E-state index in [1.165, 1.54) is 6.26 Å². The molecule has 1 amide bonds. The molecule has 0 N–H and O–H groups in total. The molecule has 1 fully saturated rings. The number of ether oxygens (including phenoxy) is 2. The molecular weight excluding hydrogens is 400 g/mol. The average molecular weight is 426 g/mol. The van der Waals surface area contributed by atoms with Crippen molar-refractivity contribution in [3.05, 3.63) is 59.8 Å². The van der Waals surface area contributed by atoms with E-state index in [0.717, 1.165) is 17.1 Å². The molecule has 2 aromatic heterocycles. The van der Waals surface area contributed by atoms with E-state index in [-0.39, 0.29) is 11.9 Å². The number of carbonyl (C=O) groups is 1. The van der Waals surface area contributed by atoms with Gasteiger partial charge in [-0.1, -0.05) is 12.1 Å². The number of benzene rings is 1. The van der Waals surface area contributed by atoms with Crippen LogP contribution >= 0.6 is 0 Å². The fraction of sp³-hybridized carbons (Fsp3) is 0.429. The molecule has 0 radical (unpaired) electrons. The van der Waals surface area contributed by atoms with Gasteiger partial charge in [-0.3, -0.25) is 9.69 Å². The van der Waals surface area contributed by atoms with Crippen molar-refractivity contribution in [1.82, 2.24) is 30.0 Å². The first kappa shape index (κ1) is 21.0. The molecule has 1 saturated heterocycles. The predicted octanol–water partition coefficient (Wildman–Crippen LogP) is 1.47. The molecule has 4 rings (SSSR count). The number of nitrogens with zero attached hydrogens (tertiary/aromatic N) is 6. The highest BCUT2D eigenvalue weighted by atomic mass is 16.5. The Morgan fingerprint density at radius 3 is 2.55 bits per heavy atom. The fourth-order valence-electron chi connectivity index (χ4n) is 3.79. The van der Waals surface area contributed by atoms with Gasteiger partial charge >= 0.3 is 0 Å². The topological polar surface area (TPSA) is 98.7 Å². The number of hydrogen-bond acceptors (Lipinski definition) is 8. The lowest BCUT2D eigenvalue weighted by molar-refractivity contribution is 0.0557. The van der Waals surface area contributed by atoms with Crippen LogP contribution in [0.15, 0.2) is 47.1 Å². The Bertz CT molecular complexity index is 964. The lowest BCUT2D eigenvalue weighted by atomic mass is 10.0. The molecule has 1 aromatic carbocycles. The molecule has 10 nitrogen and oxygen atoms in total. The van der Waals surface area contributed by atoms with Gasteiger partial charge in [-0.25, -0.2) is 4.68 Å². The van der Waals surface area contributed by atoms with E-state index in [2.05, 4.69) is 20.4 Å². The van der Waals surface area contributed by atoms with Crippen molar-refractivity contribution >= 4 is 5.91 Å². The first-order chi connectivity index (χ1) is 15.2. The minimum atomic E-state index is -0.154. The van der Waals surface area contributed by atoms with Gasteiger partial charge in [0.15, 0.2) is 11.6 Å². The summed E-state index contributed by atoms with van der Waals surface area (Å²) in [7, 11) is 3.30. The summed E-state index contributed by atoms with van der Waals surface area (Å²) in [6, 6.07) is 11.2. The van der Waals surface area contributed by atoms with Gasteiger partial charge in [0.25, 0.3) is 5.91 Å². The Hall–Kier alpha value is -3.24. The maximum atomic E-state index is 12.6. The van der Waals surface area contributed by atoms with E-state index in [1.807, 2.05) is 29.2 Å². The summed E-state index contributed by atoms with van der Waals surface area (Å²) in [4.78, 5) is 16.7. The molecule has 0 saturated carbocycles. The molecule has 0 spiro atoms. The van der Waals surface area contributed by atoms with Crippen LogP contribution in [0.4, 0.5) is 0 Å². The third kappa shape index (κ3) is 4.59. The summed E-state index contributed by atoms with van der Waals surface area (Å²) in [5.41, 5.74) is 1.06. The Morgan fingerprint density at radius 2 is 1.90 bits per heavy atom. The van der Waals surface area contributed by atoms with Gasteiger partial charge in [-0.05, 0) is 40.3 Å². The Morgan fingerprint density at radius 1 is 1.13 bits per heavy atom. The first-order valence-electron chi connectivity index (χ1n) is 10.2. The second kappa shape index (κ2) is 9.71. The number of hydrogen-bond donors (Lipinski definition) is 0. The smallest absolute Gasteiger partial charge is 0.289 e. The summed E-state index contributed by atoms with van der Waals surface area (Å²) < 4.78 is 17.6. The van der Waals surface area contributed by atoms with Gasteiger partial charge in [0.2, 0.25) is 0 Å². The van der Waals surface area contributed by atoms with E-state index in [0.29, 0.717) is 45.1 Å². The monoisotopic (exact) mass is 426 g/mol. The van der Waals surface area contributed by atoms with Crippen LogP contribution in [-0.2, 0) is 11.3 Å². The molecule has 1 atom stereocenters. The third-order valence-electron chi connectivity index (χ3n) is 5.44. The minimum Gasteiger partial charge on any atom is -0.497 e. The summed E-state index contributed by atoms with van der Waals surface area (Å²) in [6.45, 7) is 3.61. The fourth-order valence-corrected chi connectivity index (χ4v) is 3.79. The van der Waals surface area contributed by atoms with Gasteiger partial charge in [-0.15, -0.1) is 5.10 Å². The van der Waals surface area contributed by atoms with Gasteiger partial charge in [0.1, 0.15) is 5.75 Å². The molecule has 0 unspecified atom stereocenters. The van der Waals surface area contributed by atoms with Gasteiger partial charge in [0, 0.05) is 33.3 Å². The molecule has 31 heavy (non-hydrogen) atoms. The number of carbonyl (C=O) groups excluding carboxylic acids is 1. The highest BCUT2D eigenvalue weighted by Gasteiger charge is 2.32. The number of amides is 1. The van der Waals surface area contributed by atoms with E-state index < -0.39 is 0 Å². The van der Waals surface area contributed by atoms with Crippen LogP contribution in [0.3, 0.4) is 0 Å². The van der Waals surface area contributed by atoms with Crippen LogP contribution in [0.2, 0.25) is 0 Å². The number of aromatic nitrogens is 4. The zero-order valence-corrected chi connectivity index (χ0v) is 17.7. The summed E-state index contributed by atoms with van der Waals surface area (Å²) in [6.07, 6.45) is 1.52. The van der Waals surface area contributed by atoms with Crippen LogP contribution in [0, 0.1) is 0 Å². The molecule has 3 aromatic rings. The second-order valence-corrected chi connectivity index (χ2v) is 7.23. The van der Waals surface area contributed by atoms with Gasteiger partial charge in [-0.2, -0.15) is 0 Å². The van der Waals surface area contributed by atoms with Crippen molar-refractivity contribution < 1.29 is 18.7 Å². The van der Waals surface area contributed by atoms with Gasteiger partial charge in [0.05, 0.1) is 32.6 Å². The average Bonchev–Trinajstić information content (AvgIpc) is 3.51. The molecule has 0 bridgehead atoms. The maximum absolute atomic E-state index is 12.6. The maximum Gasteiger partial charge on any atom is 0.289 e. The van der Waals surface area contributed by atoms with Crippen molar-refractivity contribution in [3.8, 4) is 5.75 Å². The minimum absolute atomic E-state index is 0.0874. The summed E-state index contributed by atoms with van der Waals surface area (Å²) >= 11 is 0. The quantitative estimate of drug-likeness (QED) is 0.534. The molecule has 0 aliphatic carbocycles. The molecule has 1 aliphatic rings. The van der Waals surface area contributed by atoms with E-state index in [1.54, 1.807) is 31.0 Å². The van der Waals surface area contributed by atoms with Crippen LogP contribution in [0.5, 0.6) is 5.75 Å². The van der Waals surface area contributed by atoms with E-state index >= 15 is 0 Å². The van der Waals surface area contributed by atoms with E-state index in [9.17, 15) is 4.79 Å². The number of rotatable bonds is 8. The third-order valence-corrected chi connectivity index (χ3v) is 5.44. The number of piperazine rings is 1. The highest BCUT2D eigenvalue weighted by molar-refractivity contribution is 5.91. The van der Waals surface area contributed by atoms with Crippen molar-refractivity contribution in [2.24, 2.45) is 0 Å².